The molecule has 0 saturated heterocycles. The monoisotopic (exact) mass is 431 g/mol. The van der Waals surface area contributed by atoms with Gasteiger partial charge in [-0.3, -0.25) is 4.72 Å². The third-order valence-electron chi connectivity index (χ3n) is 4.20. The first kappa shape index (κ1) is 18.7. The quantitative estimate of drug-likeness (QED) is 0.489. The average Bonchev–Trinajstić information content (AvgIpc) is 3.19. The Kier molecular flexibility index (Phi) is 4.92. The third kappa shape index (κ3) is 3.54. The molecular formula is C19H14ClN3O3S2. The van der Waals surface area contributed by atoms with Crippen molar-refractivity contribution in [3.8, 4) is 16.9 Å². The summed E-state index contributed by atoms with van der Waals surface area (Å²) in [5, 5.41) is 2.49. The number of nitrogens with zero attached hydrogens (tertiary/aromatic N) is 2. The molecule has 0 bridgehead atoms. The van der Waals surface area contributed by atoms with Crippen molar-refractivity contribution in [3.05, 3.63) is 65.9 Å². The Morgan fingerprint density at radius 2 is 1.93 bits per heavy atom. The summed E-state index contributed by atoms with van der Waals surface area (Å²) in [5.74, 6) is 0.648. The van der Waals surface area contributed by atoms with Crippen LogP contribution in [0.15, 0.2) is 65.8 Å². The maximum Gasteiger partial charge on any atom is 0.263 e. The predicted octanol–water partition coefficient (Wildman–Crippen LogP) is 4.82. The van der Waals surface area contributed by atoms with Crippen LogP contribution < -0.4 is 9.46 Å². The maximum atomic E-state index is 12.6. The lowest BCUT2D eigenvalue weighted by Gasteiger charge is -2.13. The zero-order valence-corrected chi connectivity index (χ0v) is 17.0. The topological polar surface area (TPSA) is 81.2 Å². The van der Waals surface area contributed by atoms with E-state index < -0.39 is 10.0 Å². The van der Waals surface area contributed by atoms with Gasteiger partial charge in [0.2, 0.25) is 5.13 Å². The molecule has 0 spiro atoms. The van der Waals surface area contributed by atoms with Crippen LogP contribution in [0.3, 0.4) is 0 Å². The minimum atomic E-state index is -3.75. The highest BCUT2D eigenvalue weighted by Gasteiger charge is 2.17. The molecule has 0 unspecified atom stereocenters. The van der Waals surface area contributed by atoms with Gasteiger partial charge in [-0.2, -0.15) is 4.37 Å². The molecule has 4 rings (SSSR count). The van der Waals surface area contributed by atoms with Crippen molar-refractivity contribution >= 4 is 49.1 Å². The van der Waals surface area contributed by atoms with Crippen LogP contribution in [0.25, 0.3) is 21.9 Å². The van der Waals surface area contributed by atoms with Crippen molar-refractivity contribution < 1.29 is 13.2 Å². The van der Waals surface area contributed by atoms with Gasteiger partial charge in [0.15, 0.2) is 0 Å². The molecule has 4 aromatic rings. The second-order valence-electron chi connectivity index (χ2n) is 5.89. The van der Waals surface area contributed by atoms with E-state index >= 15 is 0 Å². The van der Waals surface area contributed by atoms with E-state index in [0.717, 1.165) is 33.4 Å². The zero-order valence-electron chi connectivity index (χ0n) is 14.6. The molecule has 0 amide bonds. The van der Waals surface area contributed by atoms with Crippen LogP contribution in [0.5, 0.6) is 5.75 Å². The predicted molar refractivity (Wildman–Crippen MR) is 112 cm³/mol. The van der Waals surface area contributed by atoms with E-state index in [1.54, 1.807) is 37.4 Å². The lowest BCUT2D eigenvalue weighted by Crippen LogP contribution is -2.12. The maximum absolute atomic E-state index is 12.6. The van der Waals surface area contributed by atoms with Gasteiger partial charge in [-0.25, -0.2) is 13.4 Å². The summed E-state index contributed by atoms with van der Waals surface area (Å²) in [4.78, 5) is 4.01. The van der Waals surface area contributed by atoms with Crippen LogP contribution >= 0.6 is 23.1 Å². The lowest BCUT2D eigenvalue weighted by molar-refractivity contribution is 0.416. The summed E-state index contributed by atoms with van der Waals surface area (Å²) >= 11 is 7.05. The Morgan fingerprint density at radius 3 is 2.68 bits per heavy atom. The Morgan fingerprint density at radius 1 is 1.07 bits per heavy atom. The Balaban J connectivity index is 1.81. The van der Waals surface area contributed by atoms with Crippen molar-refractivity contribution in [3.63, 3.8) is 0 Å². The van der Waals surface area contributed by atoms with Crippen LogP contribution in [0, 0.1) is 0 Å². The second kappa shape index (κ2) is 7.38. The van der Waals surface area contributed by atoms with Crippen molar-refractivity contribution in [2.24, 2.45) is 0 Å². The van der Waals surface area contributed by atoms with E-state index in [2.05, 4.69) is 14.1 Å². The number of sulfonamides is 1. The van der Waals surface area contributed by atoms with E-state index in [0.29, 0.717) is 10.8 Å². The molecule has 0 atom stereocenters. The van der Waals surface area contributed by atoms with Crippen molar-refractivity contribution in [1.29, 1.82) is 0 Å². The van der Waals surface area contributed by atoms with Crippen LogP contribution in [0.2, 0.25) is 5.02 Å². The highest BCUT2D eigenvalue weighted by Crippen LogP contribution is 2.37. The molecule has 0 radical (unpaired) electrons. The molecule has 0 fully saturated rings. The number of fused-ring (bicyclic) bond motifs is 1. The number of anilines is 1. The largest absolute Gasteiger partial charge is 0.496 e. The molecule has 1 heterocycles. The van der Waals surface area contributed by atoms with E-state index in [-0.39, 0.29) is 10.0 Å². The molecular weight excluding hydrogens is 418 g/mol. The fourth-order valence-corrected chi connectivity index (χ4v) is 4.80. The molecule has 0 saturated carbocycles. The number of methoxy groups -OCH3 is 1. The first-order chi connectivity index (χ1) is 13.5. The minimum absolute atomic E-state index is 0.149. The lowest BCUT2D eigenvalue weighted by atomic mass is 9.97. The fraction of sp³-hybridized carbons (Fsp3) is 0.0526. The zero-order chi connectivity index (χ0) is 19.7. The Hall–Kier alpha value is -2.68. The standard InChI is InChI=1S/C19H14ClN3O3S2/c1-26-18-10-13(20)5-7-17(18)16-4-2-3-12-9-14(6-8-15(12)16)28(24,25)23-19-21-11-22-27-19/h2-11H,1H3,(H,21,22,23). The Bertz CT molecular complexity index is 1260. The van der Waals surface area contributed by atoms with Crippen LogP contribution in [0.4, 0.5) is 5.13 Å². The summed E-state index contributed by atoms with van der Waals surface area (Å²) in [6.07, 6.45) is 1.30. The van der Waals surface area contributed by atoms with Gasteiger partial charge in [-0.15, -0.1) is 0 Å². The number of ether oxygens (including phenoxy) is 1. The molecule has 1 aromatic heterocycles. The smallest absolute Gasteiger partial charge is 0.263 e. The summed E-state index contributed by atoms with van der Waals surface area (Å²) in [5.41, 5.74) is 1.80. The van der Waals surface area contributed by atoms with Gasteiger partial charge in [-0.1, -0.05) is 35.9 Å². The normalized spacial score (nSPS) is 11.5. The summed E-state index contributed by atoms with van der Waals surface area (Å²) in [6.45, 7) is 0. The van der Waals surface area contributed by atoms with Gasteiger partial charge < -0.3 is 4.74 Å². The van der Waals surface area contributed by atoms with Crippen molar-refractivity contribution in [1.82, 2.24) is 9.36 Å². The molecule has 3 aromatic carbocycles. The molecule has 6 nitrogen and oxygen atoms in total. The molecule has 0 aliphatic rings. The van der Waals surface area contributed by atoms with Gasteiger partial charge >= 0.3 is 0 Å². The van der Waals surface area contributed by atoms with E-state index in [4.69, 9.17) is 16.3 Å². The first-order valence-electron chi connectivity index (χ1n) is 8.14. The van der Waals surface area contributed by atoms with E-state index in [1.165, 1.54) is 6.33 Å². The molecule has 9 heteroatoms. The van der Waals surface area contributed by atoms with Crippen molar-refractivity contribution in [2.75, 3.05) is 11.8 Å². The number of hydrogen-bond donors (Lipinski definition) is 1. The van der Waals surface area contributed by atoms with Gasteiger partial charge in [0.05, 0.1) is 12.0 Å². The fourth-order valence-electron chi connectivity index (χ4n) is 2.94. The number of hydrogen-bond acceptors (Lipinski definition) is 6. The SMILES string of the molecule is COc1cc(Cl)ccc1-c1cccc2cc(S(=O)(=O)Nc3ncns3)ccc12. The molecule has 142 valence electrons. The van der Waals surface area contributed by atoms with Gasteiger partial charge in [0.25, 0.3) is 10.0 Å². The number of halogens is 1. The summed E-state index contributed by atoms with van der Waals surface area (Å²) in [7, 11) is -2.17. The number of benzene rings is 3. The number of rotatable bonds is 5. The van der Waals surface area contributed by atoms with E-state index in [1.807, 2.05) is 24.3 Å². The molecule has 28 heavy (non-hydrogen) atoms. The first-order valence-corrected chi connectivity index (χ1v) is 10.8. The Labute approximate surface area is 171 Å². The minimum Gasteiger partial charge on any atom is -0.496 e. The highest BCUT2D eigenvalue weighted by atomic mass is 35.5. The highest BCUT2D eigenvalue weighted by molar-refractivity contribution is 7.93. The summed E-state index contributed by atoms with van der Waals surface area (Å²) in [6, 6.07) is 16.1. The van der Waals surface area contributed by atoms with Crippen LogP contribution in [-0.2, 0) is 10.0 Å². The molecule has 1 N–H and O–H groups in total. The van der Waals surface area contributed by atoms with Gasteiger partial charge in [0.1, 0.15) is 12.1 Å². The molecule has 0 aliphatic heterocycles. The van der Waals surface area contributed by atoms with Gasteiger partial charge in [-0.05, 0) is 46.7 Å². The third-order valence-corrected chi connectivity index (χ3v) is 6.48. The van der Waals surface area contributed by atoms with Crippen molar-refractivity contribution in [2.45, 2.75) is 4.90 Å². The van der Waals surface area contributed by atoms with Crippen LogP contribution in [-0.4, -0.2) is 24.9 Å². The van der Waals surface area contributed by atoms with Gasteiger partial charge in [0, 0.05) is 22.1 Å². The molecule has 0 aliphatic carbocycles. The number of nitrogens with one attached hydrogen (secondary N) is 1. The second-order valence-corrected chi connectivity index (χ2v) is 8.78. The van der Waals surface area contributed by atoms with E-state index in [9.17, 15) is 8.42 Å². The average molecular weight is 432 g/mol. The summed E-state index contributed by atoms with van der Waals surface area (Å²) < 4.78 is 37.0. The van der Waals surface area contributed by atoms with Crippen LogP contribution in [0.1, 0.15) is 0 Å². The number of aromatic nitrogens is 2.